The van der Waals surface area contributed by atoms with Gasteiger partial charge in [0.1, 0.15) is 0 Å². The second-order valence-corrected chi connectivity index (χ2v) is 3.94. The quantitative estimate of drug-likeness (QED) is 0.830. The fourth-order valence-electron chi connectivity index (χ4n) is 1.91. The number of hydrogen-bond acceptors (Lipinski definition) is 2. The second-order valence-electron chi connectivity index (χ2n) is 3.94. The maximum Gasteiger partial charge on any atom is 0.335 e. The molecule has 0 aliphatic heterocycles. The van der Waals surface area contributed by atoms with Gasteiger partial charge in [-0.15, -0.1) is 0 Å². The Morgan fingerprint density at radius 1 is 1.38 bits per heavy atom. The van der Waals surface area contributed by atoms with Gasteiger partial charge in [-0.3, -0.25) is 0 Å². The summed E-state index contributed by atoms with van der Waals surface area (Å²) in [7, 11) is 2.01. The van der Waals surface area contributed by atoms with Gasteiger partial charge in [0.25, 0.3) is 0 Å². The highest BCUT2D eigenvalue weighted by Gasteiger charge is 2.12. The Morgan fingerprint density at radius 3 is 2.50 bits per heavy atom. The van der Waals surface area contributed by atoms with Crippen LogP contribution in [0.25, 0.3) is 0 Å². The van der Waals surface area contributed by atoms with E-state index in [1.165, 1.54) is 0 Å². The van der Waals surface area contributed by atoms with Gasteiger partial charge in [0, 0.05) is 18.8 Å². The number of hydrogen-bond donors (Lipinski definition) is 1. The Hall–Kier alpha value is -1.51. The first kappa shape index (κ1) is 12.6. The maximum absolute atomic E-state index is 10.9. The van der Waals surface area contributed by atoms with Gasteiger partial charge in [-0.25, -0.2) is 4.79 Å². The lowest BCUT2D eigenvalue weighted by atomic mass is 10.1. The summed E-state index contributed by atoms with van der Waals surface area (Å²) >= 11 is 0. The first-order valence-corrected chi connectivity index (χ1v) is 5.66. The number of carboxylic acids is 1. The van der Waals surface area contributed by atoms with Gasteiger partial charge >= 0.3 is 5.97 Å². The van der Waals surface area contributed by atoms with Crippen molar-refractivity contribution < 1.29 is 9.90 Å². The Labute approximate surface area is 96.7 Å². The van der Waals surface area contributed by atoms with Gasteiger partial charge in [-0.1, -0.05) is 19.9 Å². The van der Waals surface area contributed by atoms with Crippen LogP contribution in [0.4, 0.5) is 5.69 Å². The average molecular weight is 221 g/mol. The standard InChI is InChI=1S/C13H19NO2/c1-4-11(5-2)14(3)12-8-6-7-10(9-12)13(15)16/h6-9,11H,4-5H2,1-3H3,(H,15,16). The van der Waals surface area contributed by atoms with Crippen LogP contribution in [0.15, 0.2) is 24.3 Å². The van der Waals surface area contributed by atoms with E-state index < -0.39 is 5.97 Å². The Kier molecular flexibility index (Phi) is 4.35. The summed E-state index contributed by atoms with van der Waals surface area (Å²) in [6.45, 7) is 4.29. The molecule has 1 rings (SSSR count). The molecule has 0 saturated heterocycles. The molecule has 1 N–H and O–H groups in total. The number of carboxylic acid groups (broad SMARTS) is 1. The van der Waals surface area contributed by atoms with Crippen molar-refractivity contribution in [1.29, 1.82) is 0 Å². The van der Waals surface area contributed by atoms with Crippen molar-refractivity contribution in [1.82, 2.24) is 0 Å². The van der Waals surface area contributed by atoms with Crippen molar-refractivity contribution in [3.63, 3.8) is 0 Å². The van der Waals surface area contributed by atoms with Crippen molar-refractivity contribution in [3.05, 3.63) is 29.8 Å². The topological polar surface area (TPSA) is 40.5 Å². The lowest BCUT2D eigenvalue weighted by molar-refractivity contribution is 0.0697. The molecule has 0 aromatic heterocycles. The van der Waals surface area contributed by atoms with Crippen molar-refractivity contribution in [2.24, 2.45) is 0 Å². The van der Waals surface area contributed by atoms with E-state index in [0.717, 1.165) is 18.5 Å². The van der Waals surface area contributed by atoms with E-state index >= 15 is 0 Å². The second kappa shape index (κ2) is 5.54. The first-order chi connectivity index (χ1) is 7.60. The van der Waals surface area contributed by atoms with Crippen molar-refractivity contribution >= 4 is 11.7 Å². The largest absolute Gasteiger partial charge is 0.478 e. The molecule has 0 atom stereocenters. The highest BCUT2D eigenvalue weighted by Crippen LogP contribution is 2.19. The molecule has 0 bridgehead atoms. The van der Waals surface area contributed by atoms with E-state index in [0.29, 0.717) is 11.6 Å². The first-order valence-electron chi connectivity index (χ1n) is 5.66. The van der Waals surface area contributed by atoms with Crippen LogP contribution < -0.4 is 4.90 Å². The number of benzene rings is 1. The minimum Gasteiger partial charge on any atom is -0.478 e. The highest BCUT2D eigenvalue weighted by atomic mass is 16.4. The van der Waals surface area contributed by atoms with E-state index in [2.05, 4.69) is 18.7 Å². The SMILES string of the molecule is CCC(CC)N(C)c1cccc(C(=O)O)c1. The molecule has 0 aliphatic rings. The van der Waals surface area contributed by atoms with E-state index in [9.17, 15) is 4.79 Å². The number of nitrogens with zero attached hydrogens (tertiary/aromatic N) is 1. The van der Waals surface area contributed by atoms with Crippen LogP contribution in [0, 0.1) is 0 Å². The maximum atomic E-state index is 10.9. The number of carbonyl (C=O) groups is 1. The highest BCUT2D eigenvalue weighted by molar-refractivity contribution is 5.88. The van der Waals surface area contributed by atoms with Crippen molar-refractivity contribution in [2.45, 2.75) is 32.7 Å². The lowest BCUT2D eigenvalue weighted by Gasteiger charge is -2.28. The number of aromatic carboxylic acids is 1. The van der Waals surface area contributed by atoms with E-state index in [4.69, 9.17) is 5.11 Å². The van der Waals surface area contributed by atoms with Gasteiger partial charge in [-0.05, 0) is 31.0 Å². The lowest BCUT2D eigenvalue weighted by Crippen LogP contribution is -2.30. The third kappa shape index (κ3) is 2.75. The summed E-state index contributed by atoms with van der Waals surface area (Å²) < 4.78 is 0. The van der Waals surface area contributed by atoms with Crippen LogP contribution in [0.1, 0.15) is 37.0 Å². The number of anilines is 1. The van der Waals surface area contributed by atoms with Crippen LogP contribution in [0.5, 0.6) is 0 Å². The normalized spacial score (nSPS) is 10.5. The molecule has 1 aromatic rings. The molecule has 0 saturated carbocycles. The summed E-state index contributed by atoms with van der Waals surface area (Å²) in [4.78, 5) is 13.0. The molecule has 1 aromatic carbocycles. The summed E-state index contributed by atoms with van der Waals surface area (Å²) in [5.41, 5.74) is 1.31. The molecule has 88 valence electrons. The third-order valence-corrected chi connectivity index (χ3v) is 2.99. The van der Waals surface area contributed by atoms with Gasteiger partial charge in [0.05, 0.1) is 5.56 Å². The predicted octanol–water partition coefficient (Wildman–Crippen LogP) is 3.01. The van der Waals surface area contributed by atoms with Crippen LogP contribution in [0.2, 0.25) is 0 Å². The van der Waals surface area contributed by atoms with E-state index in [1.54, 1.807) is 18.2 Å². The fraction of sp³-hybridized carbons (Fsp3) is 0.462. The van der Waals surface area contributed by atoms with Crippen LogP contribution >= 0.6 is 0 Å². The summed E-state index contributed by atoms with van der Waals surface area (Å²) in [6.07, 6.45) is 2.12. The molecule has 16 heavy (non-hydrogen) atoms. The van der Waals surface area contributed by atoms with E-state index in [-0.39, 0.29) is 0 Å². The minimum absolute atomic E-state index is 0.343. The summed E-state index contributed by atoms with van der Waals surface area (Å²) in [5, 5.41) is 8.93. The molecule has 0 aliphatic carbocycles. The van der Waals surface area contributed by atoms with Crippen LogP contribution in [-0.2, 0) is 0 Å². The molecular weight excluding hydrogens is 202 g/mol. The molecular formula is C13H19NO2. The van der Waals surface area contributed by atoms with Crippen molar-refractivity contribution in [2.75, 3.05) is 11.9 Å². The monoisotopic (exact) mass is 221 g/mol. The molecule has 0 radical (unpaired) electrons. The molecule has 0 unspecified atom stereocenters. The van der Waals surface area contributed by atoms with Crippen LogP contribution in [0.3, 0.4) is 0 Å². The van der Waals surface area contributed by atoms with Gasteiger partial charge < -0.3 is 10.0 Å². The molecule has 3 nitrogen and oxygen atoms in total. The molecule has 0 spiro atoms. The molecule has 0 amide bonds. The third-order valence-electron chi connectivity index (χ3n) is 2.99. The minimum atomic E-state index is -0.875. The zero-order valence-electron chi connectivity index (χ0n) is 10.1. The smallest absolute Gasteiger partial charge is 0.335 e. The Bertz CT molecular complexity index is 359. The Balaban J connectivity index is 2.94. The number of rotatable bonds is 5. The predicted molar refractivity (Wildman–Crippen MR) is 66.2 cm³/mol. The van der Waals surface area contributed by atoms with Gasteiger partial charge in [0.15, 0.2) is 0 Å². The van der Waals surface area contributed by atoms with Gasteiger partial charge in [-0.2, -0.15) is 0 Å². The fourth-order valence-corrected chi connectivity index (χ4v) is 1.91. The molecule has 0 heterocycles. The molecule has 3 heteroatoms. The summed E-state index contributed by atoms with van der Waals surface area (Å²) in [5.74, 6) is -0.875. The zero-order chi connectivity index (χ0) is 12.1. The molecule has 0 fully saturated rings. The van der Waals surface area contributed by atoms with Crippen LogP contribution in [-0.4, -0.2) is 24.2 Å². The van der Waals surface area contributed by atoms with Crippen molar-refractivity contribution in [3.8, 4) is 0 Å². The van der Waals surface area contributed by atoms with E-state index in [1.807, 2.05) is 13.1 Å². The average Bonchev–Trinajstić information content (AvgIpc) is 2.30. The summed E-state index contributed by atoms with van der Waals surface area (Å²) in [6, 6.07) is 7.54. The Morgan fingerprint density at radius 2 is 2.00 bits per heavy atom. The zero-order valence-corrected chi connectivity index (χ0v) is 10.1. The van der Waals surface area contributed by atoms with Gasteiger partial charge in [0.2, 0.25) is 0 Å².